The minimum atomic E-state index is -0.504. The lowest BCUT2D eigenvalue weighted by atomic mass is 10.0. The van der Waals surface area contributed by atoms with Crippen molar-refractivity contribution in [3.63, 3.8) is 0 Å². The van der Waals surface area contributed by atoms with E-state index in [0.717, 1.165) is 16.7 Å². The summed E-state index contributed by atoms with van der Waals surface area (Å²) in [5.74, 6) is -0.682. The second-order valence-corrected chi connectivity index (χ2v) is 7.40. The molecule has 2 N–H and O–H groups in total. The molecule has 2 unspecified atom stereocenters. The third kappa shape index (κ3) is 5.10. The fourth-order valence-corrected chi connectivity index (χ4v) is 3.23. The number of carbonyl (C=O) groups excluding carboxylic acids is 2. The highest BCUT2D eigenvalue weighted by Gasteiger charge is 2.31. The average Bonchev–Trinajstić information content (AvgIpc) is 3.18. The first-order valence-electron chi connectivity index (χ1n) is 9.15. The molecule has 28 heavy (non-hydrogen) atoms. The summed E-state index contributed by atoms with van der Waals surface area (Å²) in [6, 6.07) is 14.8. The number of hydrazine groups is 1. The van der Waals surface area contributed by atoms with Gasteiger partial charge in [-0.25, -0.2) is 10.9 Å². The van der Waals surface area contributed by atoms with Gasteiger partial charge in [-0.2, -0.15) is 0 Å². The summed E-state index contributed by atoms with van der Waals surface area (Å²) < 4.78 is 5.23. The summed E-state index contributed by atoms with van der Waals surface area (Å²) in [5.41, 5.74) is 9.24. The van der Waals surface area contributed by atoms with Gasteiger partial charge in [0, 0.05) is 24.7 Å². The normalized spacial score (nSPS) is 18.7. The van der Waals surface area contributed by atoms with E-state index in [1.165, 1.54) is 0 Å². The van der Waals surface area contributed by atoms with Crippen LogP contribution in [0, 0.1) is 6.92 Å². The lowest BCUT2D eigenvalue weighted by molar-refractivity contribution is -0.153. The van der Waals surface area contributed by atoms with Gasteiger partial charge < -0.3 is 9.64 Å². The molecule has 2 aromatic rings. The second-order valence-electron chi connectivity index (χ2n) is 6.97. The molecule has 0 spiro atoms. The Bertz CT molecular complexity index is 841. The zero-order valence-electron chi connectivity index (χ0n) is 15.9. The van der Waals surface area contributed by atoms with E-state index in [1.54, 1.807) is 11.9 Å². The van der Waals surface area contributed by atoms with Crippen molar-refractivity contribution in [3.05, 3.63) is 70.2 Å². The Morgan fingerprint density at radius 2 is 1.86 bits per heavy atom. The van der Waals surface area contributed by atoms with Crippen molar-refractivity contribution in [2.24, 2.45) is 0 Å². The van der Waals surface area contributed by atoms with Gasteiger partial charge in [-0.15, -0.1) is 0 Å². The SMILES string of the molecule is Cc1ccccc1CN(C)C(=O)COC(=O)C1CC(c2ccc(Cl)cc2)NN1. The standard InChI is InChI=1S/C21H24ClN3O3/c1-14-5-3-4-6-16(14)12-25(2)20(26)13-28-21(27)19-11-18(23-24-19)15-7-9-17(22)10-8-15/h3-10,18-19,23-24H,11-13H2,1-2H3. The van der Waals surface area contributed by atoms with E-state index in [0.29, 0.717) is 18.0 Å². The molecule has 3 rings (SSSR count). The molecular weight excluding hydrogens is 378 g/mol. The summed E-state index contributed by atoms with van der Waals surface area (Å²) in [6.45, 7) is 2.21. The Hall–Kier alpha value is -2.41. The Morgan fingerprint density at radius 1 is 1.14 bits per heavy atom. The van der Waals surface area contributed by atoms with Crippen LogP contribution in [0.5, 0.6) is 0 Å². The lowest BCUT2D eigenvalue weighted by Gasteiger charge is -2.19. The van der Waals surface area contributed by atoms with Crippen LogP contribution in [0.3, 0.4) is 0 Å². The minimum absolute atomic E-state index is 0.0192. The number of hydrogen-bond donors (Lipinski definition) is 2. The van der Waals surface area contributed by atoms with Crippen LogP contribution in [-0.4, -0.2) is 36.5 Å². The number of carbonyl (C=O) groups is 2. The Balaban J connectivity index is 1.46. The van der Waals surface area contributed by atoms with Gasteiger partial charge in [-0.3, -0.25) is 9.59 Å². The number of rotatable bonds is 6. The molecule has 1 aliphatic rings. The van der Waals surface area contributed by atoms with Gasteiger partial charge in [0.05, 0.1) is 0 Å². The second kappa shape index (κ2) is 9.19. The fraction of sp³-hybridized carbons (Fsp3) is 0.333. The molecule has 0 aromatic heterocycles. The monoisotopic (exact) mass is 401 g/mol. The summed E-state index contributed by atoms with van der Waals surface area (Å²) in [4.78, 5) is 26.2. The first kappa shape index (κ1) is 20.3. The number of nitrogens with zero attached hydrogens (tertiary/aromatic N) is 1. The zero-order valence-corrected chi connectivity index (χ0v) is 16.7. The number of halogens is 1. The third-order valence-corrected chi connectivity index (χ3v) is 5.14. The number of nitrogens with one attached hydrogen (secondary N) is 2. The predicted molar refractivity (Wildman–Crippen MR) is 107 cm³/mol. The van der Waals surface area contributed by atoms with Gasteiger partial charge in [-0.05, 0) is 42.2 Å². The van der Waals surface area contributed by atoms with Gasteiger partial charge in [0.15, 0.2) is 6.61 Å². The molecule has 0 aliphatic carbocycles. The first-order chi connectivity index (χ1) is 13.4. The van der Waals surface area contributed by atoms with Gasteiger partial charge in [0.25, 0.3) is 5.91 Å². The first-order valence-corrected chi connectivity index (χ1v) is 9.53. The number of esters is 1. The summed E-state index contributed by atoms with van der Waals surface area (Å²) >= 11 is 5.91. The molecule has 2 aromatic carbocycles. The van der Waals surface area contributed by atoms with E-state index in [-0.39, 0.29) is 18.6 Å². The van der Waals surface area contributed by atoms with Gasteiger partial charge in [0.2, 0.25) is 0 Å². The van der Waals surface area contributed by atoms with Crippen LogP contribution in [-0.2, 0) is 20.9 Å². The molecule has 1 amide bonds. The fourth-order valence-electron chi connectivity index (χ4n) is 3.10. The minimum Gasteiger partial charge on any atom is -0.454 e. The van der Waals surface area contributed by atoms with Gasteiger partial charge in [0.1, 0.15) is 6.04 Å². The molecule has 7 heteroatoms. The van der Waals surface area contributed by atoms with Crippen molar-refractivity contribution < 1.29 is 14.3 Å². The van der Waals surface area contributed by atoms with E-state index in [1.807, 2.05) is 55.5 Å². The molecular formula is C21H24ClN3O3. The van der Waals surface area contributed by atoms with E-state index in [9.17, 15) is 9.59 Å². The molecule has 1 saturated heterocycles. The maximum absolute atomic E-state index is 12.3. The van der Waals surface area contributed by atoms with Crippen molar-refractivity contribution in [1.29, 1.82) is 0 Å². The highest BCUT2D eigenvalue weighted by Crippen LogP contribution is 2.24. The van der Waals surface area contributed by atoms with Crippen LogP contribution in [0.4, 0.5) is 0 Å². The highest BCUT2D eigenvalue weighted by molar-refractivity contribution is 6.30. The summed E-state index contributed by atoms with van der Waals surface area (Å²) in [5, 5.41) is 0.666. The smallest absolute Gasteiger partial charge is 0.325 e. The Morgan fingerprint density at radius 3 is 2.57 bits per heavy atom. The van der Waals surface area contributed by atoms with Gasteiger partial charge in [-0.1, -0.05) is 48.0 Å². The van der Waals surface area contributed by atoms with Crippen molar-refractivity contribution >= 4 is 23.5 Å². The highest BCUT2D eigenvalue weighted by atomic mass is 35.5. The van der Waals surface area contributed by atoms with Crippen molar-refractivity contribution in [1.82, 2.24) is 15.8 Å². The average molecular weight is 402 g/mol. The lowest BCUT2D eigenvalue weighted by Crippen LogP contribution is -2.39. The van der Waals surface area contributed by atoms with E-state index < -0.39 is 12.0 Å². The van der Waals surface area contributed by atoms with Crippen LogP contribution < -0.4 is 10.9 Å². The summed E-state index contributed by atoms with van der Waals surface area (Å²) in [6.07, 6.45) is 0.535. The van der Waals surface area contributed by atoms with Crippen molar-refractivity contribution in [2.75, 3.05) is 13.7 Å². The molecule has 0 radical (unpaired) electrons. The molecule has 0 bridgehead atoms. The quantitative estimate of drug-likeness (QED) is 0.728. The van der Waals surface area contributed by atoms with Crippen LogP contribution in [0.25, 0.3) is 0 Å². The van der Waals surface area contributed by atoms with Crippen LogP contribution in [0.2, 0.25) is 5.02 Å². The van der Waals surface area contributed by atoms with E-state index >= 15 is 0 Å². The van der Waals surface area contributed by atoms with Crippen LogP contribution >= 0.6 is 11.6 Å². The Kier molecular flexibility index (Phi) is 6.67. The van der Waals surface area contributed by atoms with E-state index in [4.69, 9.17) is 16.3 Å². The Labute approximate surface area is 169 Å². The van der Waals surface area contributed by atoms with E-state index in [2.05, 4.69) is 10.9 Å². The number of ether oxygens (including phenoxy) is 1. The third-order valence-electron chi connectivity index (χ3n) is 4.89. The van der Waals surface area contributed by atoms with Crippen LogP contribution in [0.15, 0.2) is 48.5 Å². The van der Waals surface area contributed by atoms with Crippen LogP contribution in [0.1, 0.15) is 29.2 Å². The maximum atomic E-state index is 12.3. The molecule has 1 fully saturated rings. The van der Waals surface area contributed by atoms with Crippen molar-refractivity contribution in [3.8, 4) is 0 Å². The summed E-state index contributed by atoms with van der Waals surface area (Å²) in [7, 11) is 1.70. The molecule has 1 aliphatic heterocycles. The number of aryl methyl sites for hydroxylation is 1. The topological polar surface area (TPSA) is 70.7 Å². The van der Waals surface area contributed by atoms with Crippen molar-refractivity contribution in [2.45, 2.75) is 32.0 Å². The molecule has 1 heterocycles. The molecule has 6 nitrogen and oxygen atoms in total. The predicted octanol–water partition coefficient (Wildman–Crippen LogP) is 2.76. The number of benzene rings is 2. The molecule has 2 atom stereocenters. The number of amides is 1. The molecule has 148 valence electrons. The zero-order chi connectivity index (χ0) is 20.1. The number of likely N-dealkylation sites (N-methyl/N-ethyl adjacent to an activating group) is 1. The number of hydrogen-bond acceptors (Lipinski definition) is 5. The molecule has 0 saturated carbocycles. The largest absolute Gasteiger partial charge is 0.454 e. The van der Waals surface area contributed by atoms with Gasteiger partial charge >= 0.3 is 5.97 Å². The maximum Gasteiger partial charge on any atom is 0.325 e.